The van der Waals surface area contributed by atoms with Gasteiger partial charge in [0.05, 0.1) is 6.61 Å². The van der Waals surface area contributed by atoms with Crippen LogP contribution in [0, 0.1) is 0 Å². The third-order valence-electron chi connectivity index (χ3n) is 3.44. The Morgan fingerprint density at radius 2 is 1.46 bits per heavy atom. The molecule has 1 aromatic carbocycles. The molecule has 0 aromatic heterocycles. The summed E-state index contributed by atoms with van der Waals surface area (Å²) in [7, 11) is 0. The Morgan fingerprint density at radius 1 is 0.923 bits per heavy atom. The molecule has 1 heterocycles. The molecule has 1 fully saturated rings. The van der Waals surface area contributed by atoms with E-state index >= 15 is 0 Å². The molecule has 1 aliphatic rings. The van der Waals surface area contributed by atoms with E-state index in [1.807, 2.05) is 0 Å². The van der Waals surface area contributed by atoms with Gasteiger partial charge >= 0.3 is 17.9 Å². The second-order valence-corrected chi connectivity index (χ2v) is 5.68. The zero-order valence-electron chi connectivity index (χ0n) is 14.7. The monoisotopic (exact) mass is 367 g/mol. The van der Waals surface area contributed by atoms with Gasteiger partial charge in [-0.25, -0.2) is 0 Å². The summed E-state index contributed by atoms with van der Waals surface area (Å²) in [6, 6.07) is 6.49. The highest BCUT2D eigenvalue weighted by atomic mass is 16.7. The van der Waals surface area contributed by atoms with Crippen molar-refractivity contribution in [3.05, 3.63) is 24.3 Å². The molecule has 26 heavy (non-hydrogen) atoms. The van der Waals surface area contributed by atoms with Gasteiger partial charge in [-0.2, -0.15) is 0 Å². The minimum absolute atomic E-state index is 0.102. The highest BCUT2D eigenvalue weighted by Gasteiger charge is 2.48. The van der Waals surface area contributed by atoms with Crippen molar-refractivity contribution in [1.29, 1.82) is 0 Å². The van der Waals surface area contributed by atoms with Gasteiger partial charge in [0.25, 0.3) is 0 Å². The minimum atomic E-state index is -1.13. The molecule has 4 atom stereocenters. The van der Waals surface area contributed by atoms with Gasteiger partial charge in [0.2, 0.25) is 12.4 Å². The Bertz CT molecular complexity index is 659. The highest BCUT2D eigenvalue weighted by molar-refractivity contribution is 5.68. The third-order valence-corrected chi connectivity index (χ3v) is 3.44. The summed E-state index contributed by atoms with van der Waals surface area (Å²) in [4.78, 5) is 34.3. The van der Waals surface area contributed by atoms with Crippen molar-refractivity contribution in [2.24, 2.45) is 0 Å². The molecule has 142 valence electrons. The van der Waals surface area contributed by atoms with Crippen molar-refractivity contribution in [3.8, 4) is 5.75 Å². The summed E-state index contributed by atoms with van der Waals surface area (Å²) >= 11 is 0. The first-order chi connectivity index (χ1) is 12.3. The van der Waals surface area contributed by atoms with Crippen LogP contribution >= 0.6 is 0 Å². The summed E-state index contributed by atoms with van der Waals surface area (Å²) in [5.41, 5.74) is 6.18. The number of rotatable bonds is 5. The van der Waals surface area contributed by atoms with E-state index in [2.05, 4.69) is 0 Å². The molecule has 0 aliphatic carbocycles. The number of anilines is 1. The average Bonchev–Trinajstić information content (AvgIpc) is 2.53. The fourth-order valence-corrected chi connectivity index (χ4v) is 2.49. The van der Waals surface area contributed by atoms with E-state index in [0.717, 1.165) is 0 Å². The third kappa shape index (κ3) is 5.35. The quantitative estimate of drug-likeness (QED) is 0.457. The summed E-state index contributed by atoms with van der Waals surface area (Å²) in [6.45, 7) is 3.50. The van der Waals surface area contributed by atoms with Crippen LogP contribution in [0.5, 0.6) is 5.75 Å². The van der Waals surface area contributed by atoms with Crippen molar-refractivity contribution >= 4 is 23.6 Å². The molecular weight excluding hydrogens is 346 g/mol. The number of nitrogens with two attached hydrogens (primary N) is 1. The standard InChI is InChI=1S/C17H21NO8/c1-9(19)23-14-8-22-17(26-13-6-4-12(18)5-7-13)16(25-11(3)21)15(14)24-10(2)20/h4-7,14-17H,8,18H2,1-3H3/t14-,15+,16-,17?/m1/s1. The van der Waals surface area contributed by atoms with E-state index < -0.39 is 42.5 Å². The van der Waals surface area contributed by atoms with Crippen molar-refractivity contribution in [1.82, 2.24) is 0 Å². The Hall–Kier alpha value is -2.81. The summed E-state index contributed by atoms with van der Waals surface area (Å²) < 4.78 is 26.9. The van der Waals surface area contributed by atoms with Crippen LogP contribution in [0.2, 0.25) is 0 Å². The lowest BCUT2D eigenvalue weighted by molar-refractivity contribution is -0.259. The predicted molar refractivity (Wildman–Crippen MR) is 87.9 cm³/mol. The second-order valence-electron chi connectivity index (χ2n) is 5.68. The normalized spacial score (nSPS) is 25.0. The first kappa shape index (κ1) is 19.5. The number of nitrogen functional groups attached to an aromatic ring is 1. The molecule has 2 rings (SSSR count). The lowest BCUT2D eigenvalue weighted by Gasteiger charge is -2.40. The largest absolute Gasteiger partial charge is 0.461 e. The van der Waals surface area contributed by atoms with Gasteiger partial charge in [-0.3, -0.25) is 14.4 Å². The molecule has 1 aromatic rings. The minimum Gasteiger partial charge on any atom is -0.461 e. The number of hydrogen-bond acceptors (Lipinski definition) is 9. The van der Waals surface area contributed by atoms with Gasteiger partial charge in [0.15, 0.2) is 12.2 Å². The van der Waals surface area contributed by atoms with Crippen LogP contribution in [-0.2, 0) is 33.3 Å². The molecule has 9 nitrogen and oxygen atoms in total. The molecule has 1 unspecified atom stereocenters. The van der Waals surface area contributed by atoms with Crippen LogP contribution in [-0.4, -0.2) is 49.1 Å². The fraction of sp³-hybridized carbons (Fsp3) is 0.471. The van der Waals surface area contributed by atoms with Crippen molar-refractivity contribution in [3.63, 3.8) is 0 Å². The fourth-order valence-electron chi connectivity index (χ4n) is 2.49. The maximum Gasteiger partial charge on any atom is 0.303 e. The molecular formula is C17H21NO8. The molecule has 0 saturated carbocycles. The van der Waals surface area contributed by atoms with Crippen molar-refractivity contribution < 1.29 is 38.1 Å². The number of hydrogen-bond donors (Lipinski definition) is 1. The van der Waals surface area contributed by atoms with E-state index in [9.17, 15) is 14.4 Å². The number of ether oxygens (including phenoxy) is 5. The van der Waals surface area contributed by atoms with Crippen LogP contribution in [0.25, 0.3) is 0 Å². The summed E-state index contributed by atoms with van der Waals surface area (Å²) in [5, 5.41) is 0. The molecule has 1 saturated heterocycles. The lowest BCUT2D eigenvalue weighted by atomic mass is 10.0. The molecule has 0 spiro atoms. The smallest absolute Gasteiger partial charge is 0.303 e. The van der Waals surface area contributed by atoms with Crippen LogP contribution in [0.3, 0.4) is 0 Å². The zero-order valence-corrected chi connectivity index (χ0v) is 14.7. The van der Waals surface area contributed by atoms with Gasteiger partial charge < -0.3 is 29.4 Å². The molecule has 0 radical (unpaired) electrons. The van der Waals surface area contributed by atoms with E-state index in [1.165, 1.54) is 20.8 Å². The first-order valence-corrected chi connectivity index (χ1v) is 7.91. The van der Waals surface area contributed by atoms with Gasteiger partial charge in [-0.15, -0.1) is 0 Å². The SMILES string of the molecule is CC(=O)O[C@H]1[C@H](OC(C)=O)COC(Oc2ccc(N)cc2)[C@@H]1OC(C)=O. The topological polar surface area (TPSA) is 123 Å². The van der Waals surface area contributed by atoms with Crippen molar-refractivity contribution in [2.45, 2.75) is 45.4 Å². The molecule has 9 heteroatoms. The van der Waals surface area contributed by atoms with Crippen LogP contribution in [0.4, 0.5) is 5.69 Å². The molecule has 0 bridgehead atoms. The number of esters is 3. The van der Waals surface area contributed by atoms with Crippen LogP contribution < -0.4 is 10.5 Å². The maximum atomic E-state index is 11.5. The second kappa shape index (κ2) is 8.52. The van der Waals surface area contributed by atoms with Crippen LogP contribution in [0.1, 0.15) is 20.8 Å². The Kier molecular flexibility index (Phi) is 6.40. The first-order valence-electron chi connectivity index (χ1n) is 7.91. The number of benzene rings is 1. The summed E-state index contributed by atoms with van der Waals surface area (Å²) in [6.07, 6.45) is -4.22. The number of carbonyl (C=O) groups is 3. The highest BCUT2D eigenvalue weighted by Crippen LogP contribution is 2.27. The average molecular weight is 367 g/mol. The van der Waals surface area contributed by atoms with E-state index in [4.69, 9.17) is 29.4 Å². The lowest BCUT2D eigenvalue weighted by Crippen LogP contribution is -2.59. The summed E-state index contributed by atoms with van der Waals surface area (Å²) in [5.74, 6) is -1.44. The maximum absolute atomic E-state index is 11.5. The molecule has 0 amide bonds. The Morgan fingerprint density at radius 3 is 2.00 bits per heavy atom. The van der Waals surface area contributed by atoms with Crippen LogP contribution in [0.15, 0.2) is 24.3 Å². The van der Waals surface area contributed by atoms with Gasteiger partial charge in [-0.05, 0) is 24.3 Å². The van der Waals surface area contributed by atoms with E-state index in [1.54, 1.807) is 24.3 Å². The van der Waals surface area contributed by atoms with E-state index in [-0.39, 0.29) is 6.61 Å². The Labute approximate surface area is 150 Å². The van der Waals surface area contributed by atoms with Crippen molar-refractivity contribution in [2.75, 3.05) is 12.3 Å². The Balaban J connectivity index is 2.25. The number of carbonyl (C=O) groups excluding carboxylic acids is 3. The van der Waals surface area contributed by atoms with Gasteiger partial charge in [-0.1, -0.05) is 0 Å². The zero-order chi connectivity index (χ0) is 19.3. The van der Waals surface area contributed by atoms with E-state index in [0.29, 0.717) is 11.4 Å². The molecule has 1 aliphatic heterocycles. The van der Waals surface area contributed by atoms with Gasteiger partial charge in [0, 0.05) is 26.5 Å². The van der Waals surface area contributed by atoms with Gasteiger partial charge in [0.1, 0.15) is 5.75 Å². The molecule has 2 N–H and O–H groups in total. The predicted octanol–water partition coefficient (Wildman–Crippen LogP) is 0.799.